The summed E-state index contributed by atoms with van der Waals surface area (Å²) in [7, 11) is 0. The Kier molecular flexibility index (Phi) is 4.37. The molecule has 0 radical (unpaired) electrons. The van der Waals surface area contributed by atoms with E-state index >= 15 is 0 Å². The van der Waals surface area contributed by atoms with E-state index in [0.717, 1.165) is 32.1 Å². The SMILES string of the molecule is NC1CCN(C(=O)Cn2cc(NC(=O)C3CCC3)nn2)CC1. The van der Waals surface area contributed by atoms with Crippen molar-refractivity contribution in [2.45, 2.75) is 44.7 Å². The van der Waals surface area contributed by atoms with Gasteiger partial charge in [0.25, 0.3) is 0 Å². The van der Waals surface area contributed by atoms with Crippen LogP contribution in [0.2, 0.25) is 0 Å². The maximum absolute atomic E-state index is 12.2. The zero-order valence-electron chi connectivity index (χ0n) is 12.6. The molecule has 2 heterocycles. The van der Waals surface area contributed by atoms with Gasteiger partial charge < -0.3 is 16.0 Å². The van der Waals surface area contributed by atoms with Crippen molar-refractivity contribution < 1.29 is 9.59 Å². The number of likely N-dealkylation sites (tertiary alicyclic amines) is 1. The molecule has 0 aromatic carbocycles. The van der Waals surface area contributed by atoms with Crippen LogP contribution in [-0.2, 0) is 16.1 Å². The smallest absolute Gasteiger partial charge is 0.244 e. The standard InChI is InChI=1S/C14H22N6O2/c15-11-4-6-19(7-5-11)13(21)9-20-8-12(17-18-20)16-14(22)10-2-1-3-10/h8,10-11H,1-7,9,15H2,(H,16,22). The van der Waals surface area contributed by atoms with Crippen molar-refractivity contribution in [3.05, 3.63) is 6.20 Å². The molecule has 1 aromatic rings. The minimum absolute atomic E-state index is 0.00496. The number of rotatable bonds is 4. The molecule has 0 spiro atoms. The normalized spacial score (nSPS) is 19.8. The van der Waals surface area contributed by atoms with Gasteiger partial charge in [0.15, 0.2) is 5.82 Å². The molecule has 8 heteroatoms. The van der Waals surface area contributed by atoms with Crippen LogP contribution < -0.4 is 11.1 Å². The lowest BCUT2D eigenvalue weighted by Gasteiger charge is -2.30. The van der Waals surface area contributed by atoms with Gasteiger partial charge in [0.05, 0.1) is 6.20 Å². The van der Waals surface area contributed by atoms with Crippen molar-refractivity contribution in [3.63, 3.8) is 0 Å². The van der Waals surface area contributed by atoms with Gasteiger partial charge in [-0.15, -0.1) is 5.10 Å². The van der Waals surface area contributed by atoms with E-state index in [-0.39, 0.29) is 30.3 Å². The molecule has 2 amide bonds. The summed E-state index contributed by atoms with van der Waals surface area (Å²) in [5, 5.41) is 10.5. The van der Waals surface area contributed by atoms with Crippen molar-refractivity contribution in [2.24, 2.45) is 11.7 Å². The topological polar surface area (TPSA) is 106 Å². The Morgan fingerprint density at radius 2 is 2.00 bits per heavy atom. The van der Waals surface area contributed by atoms with Crippen molar-refractivity contribution in [1.82, 2.24) is 19.9 Å². The fraction of sp³-hybridized carbons (Fsp3) is 0.714. The van der Waals surface area contributed by atoms with Crippen molar-refractivity contribution in [3.8, 4) is 0 Å². The predicted octanol–water partition coefficient (Wildman–Crippen LogP) is -0.0336. The van der Waals surface area contributed by atoms with Gasteiger partial charge in [0.2, 0.25) is 11.8 Å². The third kappa shape index (κ3) is 3.44. The van der Waals surface area contributed by atoms with Crippen LogP contribution in [0.5, 0.6) is 0 Å². The molecule has 1 saturated carbocycles. The maximum Gasteiger partial charge on any atom is 0.244 e. The quantitative estimate of drug-likeness (QED) is 0.812. The zero-order valence-corrected chi connectivity index (χ0v) is 12.6. The summed E-state index contributed by atoms with van der Waals surface area (Å²) >= 11 is 0. The Balaban J connectivity index is 1.50. The van der Waals surface area contributed by atoms with Gasteiger partial charge in [-0.25, -0.2) is 4.68 Å². The third-order valence-corrected chi connectivity index (χ3v) is 4.46. The Bertz CT molecular complexity index is 545. The van der Waals surface area contributed by atoms with Gasteiger partial charge in [-0.2, -0.15) is 0 Å². The summed E-state index contributed by atoms with van der Waals surface area (Å²) in [4.78, 5) is 25.8. The molecule has 0 unspecified atom stereocenters. The van der Waals surface area contributed by atoms with Crippen molar-refractivity contribution >= 4 is 17.6 Å². The van der Waals surface area contributed by atoms with E-state index in [1.165, 1.54) is 4.68 Å². The minimum atomic E-state index is -0.00496. The molecular weight excluding hydrogens is 284 g/mol. The number of nitrogens with zero attached hydrogens (tertiary/aromatic N) is 4. The fourth-order valence-corrected chi connectivity index (χ4v) is 2.72. The average molecular weight is 306 g/mol. The molecule has 1 aliphatic carbocycles. The number of carbonyl (C=O) groups is 2. The van der Waals surface area contributed by atoms with Gasteiger partial charge in [0, 0.05) is 25.0 Å². The van der Waals surface area contributed by atoms with Gasteiger partial charge in [-0.3, -0.25) is 9.59 Å². The highest BCUT2D eigenvalue weighted by Gasteiger charge is 2.26. The van der Waals surface area contributed by atoms with E-state index < -0.39 is 0 Å². The van der Waals surface area contributed by atoms with Crippen LogP contribution in [0.25, 0.3) is 0 Å². The average Bonchev–Trinajstić information content (AvgIpc) is 2.84. The Labute approximate surface area is 129 Å². The van der Waals surface area contributed by atoms with Gasteiger partial charge in [0.1, 0.15) is 6.54 Å². The van der Waals surface area contributed by atoms with Crippen LogP contribution in [0, 0.1) is 5.92 Å². The number of nitrogens with one attached hydrogen (secondary N) is 1. The summed E-state index contributed by atoms with van der Waals surface area (Å²) in [6.07, 6.45) is 6.27. The predicted molar refractivity (Wildman–Crippen MR) is 79.8 cm³/mol. The van der Waals surface area contributed by atoms with Gasteiger partial charge in [-0.05, 0) is 25.7 Å². The molecule has 120 valence electrons. The highest BCUT2D eigenvalue weighted by Crippen LogP contribution is 2.27. The number of nitrogens with two attached hydrogens (primary N) is 1. The number of hydrogen-bond acceptors (Lipinski definition) is 5. The summed E-state index contributed by atoms with van der Waals surface area (Å²) < 4.78 is 1.47. The second-order valence-electron chi connectivity index (χ2n) is 6.14. The van der Waals surface area contributed by atoms with E-state index in [1.807, 2.05) is 0 Å². The Hall–Kier alpha value is -1.96. The largest absolute Gasteiger partial charge is 0.341 e. The van der Waals surface area contributed by atoms with Gasteiger partial charge in [-0.1, -0.05) is 11.6 Å². The number of carbonyl (C=O) groups excluding carboxylic acids is 2. The van der Waals surface area contributed by atoms with Gasteiger partial charge >= 0.3 is 0 Å². The lowest BCUT2D eigenvalue weighted by atomic mass is 9.85. The first-order valence-electron chi connectivity index (χ1n) is 7.86. The number of aromatic nitrogens is 3. The molecule has 2 aliphatic rings. The first kappa shape index (κ1) is 15.0. The molecule has 1 aliphatic heterocycles. The minimum Gasteiger partial charge on any atom is -0.341 e. The molecular formula is C14H22N6O2. The van der Waals surface area contributed by atoms with E-state index in [9.17, 15) is 9.59 Å². The summed E-state index contributed by atoms with van der Waals surface area (Å²) in [5.41, 5.74) is 5.83. The molecule has 3 rings (SSSR count). The number of amides is 2. The molecule has 0 bridgehead atoms. The van der Waals surface area contributed by atoms with Crippen LogP contribution in [0.1, 0.15) is 32.1 Å². The fourth-order valence-electron chi connectivity index (χ4n) is 2.72. The second-order valence-corrected chi connectivity index (χ2v) is 6.14. The summed E-state index contributed by atoms with van der Waals surface area (Å²) in [6, 6.07) is 0.198. The third-order valence-electron chi connectivity index (χ3n) is 4.46. The maximum atomic E-state index is 12.2. The molecule has 1 saturated heterocycles. The van der Waals surface area contributed by atoms with Crippen LogP contribution in [0.15, 0.2) is 6.20 Å². The van der Waals surface area contributed by atoms with Crippen LogP contribution in [0.3, 0.4) is 0 Å². The Morgan fingerprint density at radius 3 is 2.64 bits per heavy atom. The van der Waals surface area contributed by atoms with Crippen LogP contribution in [0.4, 0.5) is 5.82 Å². The lowest BCUT2D eigenvalue weighted by molar-refractivity contribution is -0.133. The van der Waals surface area contributed by atoms with Crippen LogP contribution >= 0.6 is 0 Å². The summed E-state index contributed by atoms with van der Waals surface area (Å²) in [6.45, 7) is 1.53. The highest BCUT2D eigenvalue weighted by molar-refractivity contribution is 5.92. The van der Waals surface area contributed by atoms with E-state index in [4.69, 9.17) is 5.73 Å². The van der Waals surface area contributed by atoms with Crippen molar-refractivity contribution in [2.75, 3.05) is 18.4 Å². The van der Waals surface area contributed by atoms with E-state index in [0.29, 0.717) is 18.9 Å². The molecule has 3 N–H and O–H groups in total. The number of anilines is 1. The number of hydrogen-bond donors (Lipinski definition) is 2. The number of piperidine rings is 1. The molecule has 2 fully saturated rings. The zero-order chi connectivity index (χ0) is 15.5. The summed E-state index contributed by atoms with van der Waals surface area (Å²) in [5.74, 6) is 0.512. The van der Waals surface area contributed by atoms with E-state index in [2.05, 4.69) is 15.6 Å². The lowest BCUT2D eigenvalue weighted by Crippen LogP contribution is -2.44. The molecule has 1 aromatic heterocycles. The second kappa shape index (κ2) is 6.43. The molecule has 8 nitrogen and oxygen atoms in total. The van der Waals surface area contributed by atoms with Crippen molar-refractivity contribution in [1.29, 1.82) is 0 Å². The monoisotopic (exact) mass is 306 g/mol. The first-order valence-corrected chi connectivity index (χ1v) is 7.86. The molecule has 22 heavy (non-hydrogen) atoms. The first-order chi connectivity index (χ1) is 10.6. The Morgan fingerprint density at radius 1 is 1.27 bits per heavy atom. The molecule has 0 atom stereocenters. The highest BCUT2D eigenvalue weighted by atomic mass is 16.2. The van der Waals surface area contributed by atoms with E-state index in [1.54, 1.807) is 11.1 Å². The van der Waals surface area contributed by atoms with Crippen LogP contribution in [-0.4, -0.2) is 50.8 Å².